The molecule has 0 aliphatic carbocycles. The monoisotopic (exact) mass is 322 g/mol. The summed E-state index contributed by atoms with van der Waals surface area (Å²) in [6.07, 6.45) is -0.383. The number of esters is 3. The van der Waals surface area contributed by atoms with Gasteiger partial charge in [-0.2, -0.15) is 0 Å². The second-order valence-corrected chi connectivity index (χ2v) is 4.66. The van der Waals surface area contributed by atoms with Crippen LogP contribution in [0.1, 0.15) is 17.9 Å². The smallest absolute Gasteiger partial charge is 0.374 e. The molecule has 0 saturated carbocycles. The maximum atomic E-state index is 12.0. The predicted octanol–water partition coefficient (Wildman–Crippen LogP) is 0.865. The summed E-state index contributed by atoms with van der Waals surface area (Å²) in [7, 11) is 3.33. The summed E-state index contributed by atoms with van der Waals surface area (Å²) in [5.74, 6) is -5.84. The number of hydrogen-bond acceptors (Lipinski definition) is 7. The molecule has 1 aromatic rings. The number of Topliss-reactive ketones (excluding diaryl/α,β-unsaturated/α-hetero) is 1. The molecule has 0 aromatic heterocycles. The molecule has 7 nitrogen and oxygen atoms in total. The van der Waals surface area contributed by atoms with Crippen LogP contribution in [0.5, 0.6) is 0 Å². The van der Waals surface area contributed by atoms with Crippen LogP contribution in [0.25, 0.3) is 0 Å². The molecule has 23 heavy (non-hydrogen) atoms. The molecule has 0 radical (unpaired) electrons. The van der Waals surface area contributed by atoms with E-state index in [-0.39, 0.29) is 6.42 Å². The fraction of sp³-hybridized carbons (Fsp3) is 0.375. The highest BCUT2D eigenvalue weighted by atomic mass is 16.5. The Hall–Kier alpha value is -2.70. The highest BCUT2D eigenvalue weighted by Crippen LogP contribution is 2.30. The Bertz CT molecular complexity index is 563. The SMILES string of the molecule is COC(=O)C(=O)CC(c1ccccc1)C(C(=O)OC)C(=O)OC. The van der Waals surface area contributed by atoms with E-state index in [9.17, 15) is 19.2 Å². The summed E-state index contributed by atoms with van der Waals surface area (Å²) in [5, 5.41) is 0. The summed E-state index contributed by atoms with van der Waals surface area (Å²) in [6, 6.07) is 8.42. The van der Waals surface area contributed by atoms with E-state index in [1.807, 2.05) is 0 Å². The Labute approximate surface area is 133 Å². The third-order valence-corrected chi connectivity index (χ3v) is 3.36. The molecular formula is C16H18O7. The zero-order chi connectivity index (χ0) is 17.4. The minimum absolute atomic E-state index is 0.383. The second kappa shape index (κ2) is 8.67. The van der Waals surface area contributed by atoms with Gasteiger partial charge >= 0.3 is 17.9 Å². The van der Waals surface area contributed by atoms with Crippen molar-refractivity contribution in [1.82, 2.24) is 0 Å². The van der Waals surface area contributed by atoms with Gasteiger partial charge in [0.15, 0.2) is 5.92 Å². The Balaban J connectivity index is 3.25. The quantitative estimate of drug-likeness (QED) is 0.318. The summed E-state index contributed by atoms with van der Waals surface area (Å²) < 4.78 is 13.7. The van der Waals surface area contributed by atoms with Gasteiger partial charge in [-0.3, -0.25) is 14.4 Å². The van der Waals surface area contributed by atoms with Gasteiger partial charge in [0.25, 0.3) is 0 Å². The Morgan fingerprint density at radius 2 is 1.39 bits per heavy atom. The van der Waals surface area contributed by atoms with E-state index in [2.05, 4.69) is 14.2 Å². The number of benzene rings is 1. The lowest BCUT2D eigenvalue weighted by atomic mass is 9.82. The van der Waals surface area contributed by atoms with E-state index in [0.29, 0.717) is 5.56 Å². The second-order valence-electron chi connectivity index (χ2n) is 4.66. The summed E-state index contributed by atoms with van der Waals surface area (Å²) in [6.45, 7) is 0. The van der Waals surface area contributed by atoms with Gasteiger partial charge in [-0.1, -0.05) is 30.3 Å². The largest absolute Gasteiger partial charge is 0.468 e. The van der Waals surface area contributed by atoms with Crippen molar-refractivity contribution in [2.24, 2.45) is 5.92 Å². The van der Waals surface area contributed by atoms with E-state index >= 15 is 0 Å². The lowest BCUT2D eigenvalue weighted by Gasteiger charge is -2.23. The minimum atomic E-state index is -1.36. The summed E-state index contributed by atoms with van der Waals surface area (Å²) in [5.41, 5.74) is 0.533. The number of ether oxygens (including phenoxy) is 3. The highest BCUT2D eigenvalue weighted by molar-refractivity contribution is 6.33. The topological polar surface area (TPSA) is 96.0 Å². The van der Waals surface area contributed by atoms with Gasteiger partial charge in [0.2, 0.25) is 5.78 Å². The molecule has 1 rings (SSSR count). The third kappa shape index (κ3) is 4.64. The summed E-state index contributed by atoms with van der Waals surface area (Å²) >= 11 is 0. The molecule has 0 heterocycles. The van der Waals surface area contributed by atoms with Crippen molar-refractivity contribution in [2.45, 2.75) is 12.3 Å². The first kappa shape index (κ1) is 18.3. The summed E-state index contributed by atoms with van der Waals surface area (Å²) in [4.78, 5) is 47.3. The molecule has 0 spiro atoms. The van der Waals surface area contributed by atoms with Gasteiger partial charge in [0, 0.05) is 12.3 Å². The first-order chi connectivity index (χ1) is 11.0. The zero-order valence-corrected chi connectivity index (χ0v) is 13.1. The van der Waals surface area contributed by atoms with Crippen LogP contribution in [0, 0.1) is 5.92 Å². The molecule has 0 aliphatic heterocycles. The van der Waals surface area contributed by atoms with Gasteiger partial charge in [-0.05, 0) is 5.56 Å². The molecule has 1 atom stereocenters. The third-order valence-electron chi connectivity index (χ3n) is 3.36. The Morgan fingerprint density at radius 1 is 0.870 bits per heavy atom. The van der Waals surface area contributed by atoms with E-state index in [1.165, 1.54) is 0 Å². The van der Waals surface area contributed by atoms with Gasteiger partial charge in [0.1, 0.15) is 0 Å². The van der Waals surface area contributed by atoms with Crippen molar-refractivity contribution in [3.63, 3.8) is 0 Å². The molecule has 1 unspecified atom stereocenters. The molecule has 124 valence electrons. The number of hydrogen-bond donors (Lipinski definition) is 0. The van der Waals surface area contributed by atoms with Crippen molar-refractivity contribution in [2.75, 3.05) is 21.3 Å². The lowest BCUT2D eigenvalue weighted by molar-refractivity contribution is -0.161. The number of methoxy groups -OCH3 is 3. The molecule has 0 fully saturated rings. The highest BCUT2D eigenvalue weighted by Gasteiger charge is 2.39. The molecule has 0 N–H and O–H groups in total. The number of ketones is 1. The normalized spacial score (nSPS) is 11.5. The Morgan fingerprint density at radius 3 is 1.83 bits per heavy atom. The number of rotatable bonds is 7. The predicted molar refractivity (Wildman–Crippen MR) is 78.3 cm³/mol. The molecule has 1 aromatic carbocycles. The van der Waals surface area contributed by atoms with Crippen LogP contribution in [-0.4, -0.2) is 45.0 Å². The van der Waals surface area contributed by atoms with Gasteiger partial charge in [-0.25, -0.2) is 4.79 Å². The van der Waals surface area contributed by atoms with Crippen LogP contribution >= 0.6 is 0 Å². The van der Waals surface area contributed by atoms with Crippen LogP contribution in [0.4, 0.5) is 0 Å². The van der Waals surface area contributed by atoms with Gasteiger partial charge in [-0.15, -0.1) is 0 Å². The van der Waals surface area contributed by atoms with E-state index < -0.39 is 35.5 Å². The van der Waals surface area contributed by atoms with E-state index in [1.54, 1.807) is 30.3 Å². The average molecular weight is 322 g/mol. The van der Waals surface area contributed by atoms with E-state index in [0.717, 1.165) is 21.3 Å². The molecule has 0 aliphatic rings. The first-order valence-corrected chi connectivity index (χ1v) is 6.78. The maximum absolute atomic E-state index is 12.0. The zero-order valence-electron chi connectivity index (χ0n) is 13.1. The Kier molecular flexibility index (Phi) is 6.92. The maximum Gasteiger partial charge on any atom is 0.374 e. The minimum Gasteiger partial charge on any atom is -0.468 e. The van der Waals surface area contributed by atoms with Crippen molar-refractivity contribution in [1.29, 1.82) is 0 Å². The van der Waals surface area contributed by atoms with Gasteiger partial charge < -0.3 is 14.2 Å². The average Bonchev–Trinajstić information content (AvgIpc) is 2.60. The molecule has 0 saturated heterocycles. The lowest BCUT2D eigenvalue weighted by Crippen LogP contribution is -2.34. The first-order valence-electron chi connectivity index (χ1n) is 6.78. The van der Waals surface area contributed by atoms with Crippen LogP contribution < -0.4 is 0 Å². The fourth-order valence-electron chi connectivity index (χ4n) is 2.20. The molecule has 0 bridgehead atoms. The number of carbonyl (C=O) groups excluding carboxylic acids is 4. The van der Waals surface area contributed by atoms with Crippen LogP contribution in [-0.2, 0) is 33.4 Å². The van der Waals surface area contributed by atoms with E-state index in [4.69, 9.17) is 0 Å². The van der Waals surface area contributed by atoms with Crippen LogP contribution in [0.15, 0.2) is 30.3 Å². The number of carbonyl (C=O) groups is 4. The van der Waals surface area contributed by atoms with Crippen LogP contribution in [0.3, 0.4) is 0 Å². The van der Waals surface area contributed by atoms with Crippen molar-refractivity contribution in [3.05, 3.63) is 35.9 Å². The van der Waals surface area contributed by atoms with Crippen molar-refractivity contribution in [3.8, 4) is 0 Å². The van der Waals surface area contributed by atoms with Gasteiger partial charge in [0.05, 0.1) is 21.3 Å². The molecular weight excluding hydrogens is 304 g/mol. The molecule has 0 amide bonds. The standard InChI is InChI=1S/C16H18O7/c1-21-14(18)12(17)9-11(10-7-5-4-6-8-10)13(15(19)22-2)16(20)23-3/h4-8,11,13H,9H2,1-3H3. The van der Waals surface area contributed by atoms with Crippen molar-refractivity contribution < 1.29 is 33.4 Å². The fourth-order valence-corrected chi connectivity index (χ4v) is 2.20. The van der Waals surface area contributed by atoms with Crippen LogP contribution in [0.2, 0.25) is 0 Å². The van der Waals surface area contributed by atoms with Crippen molar-refractivity contribution >= 4 is 23.7 Å². The molecule has 7 heteroatoms.